The van der Waals surface area contributed by atoms with Crippen molar-refractivity contribution < 1.29 is 20.1 Å². The van der Waals surface area contributed by atoms with Crippen molar-refractivity contribution in [3.63, 3.8) is 0 Å². The van der Waals surface area contributed by atoms with Crippen LogP contribution in [0.4, 0.5) is 0 Å². The van der Waals surface area contributed by atoms with Crippen LogP contribution in [0.2, 0.25) is 0 Å². The van der Waals surface area contributed by atoms with Gasteiger partial charge in [0.1, 0.15) is 17.0 Å². The highest BCUT2D eigenvalue weighted by atomic mass is 16.3. The Kier molecular flexibility index (Phi) is 7.62. The number of phenolic OH excluding ortho intramolecular Hbond substituents is 1. The first-order valence-electron chi connectivity index (χ1n) is 18.0. The number of aromatic hydroxyl groups is 1. The van der Waals surface area contributed by atoms with Gasteiger partial charge in [-0.2, -0.15) is 0 Å². The van der Waals surface area contributed by atoms with Gasteiger partial charge in [0, 0.05) is 17.3 Å². The van der Waals surface area contributed by atoms with Crippen molar-refractivity contribution in [2.45, 2.75) is 127 Å². The molecule has 240 valence electrons. The molecule has 1 aromatic rings. The van der Waals surface area contributed by atoms with Crippen LogP contribution in [0.15, 0.2) is 29.8 Å². The van der Waals surface area contributed by atoms with Crippen molar-refractivity contribution in [2.75, 3.05) is 0 Å². The predicted octanol–water partition coefficient (Wildman–Crippen LogP) is 7.50. The number of hydrogen-bond donors (Lipinski definition) is 3. The summed E-state index contributed by atoms with van der Waals surface area (Å²) >= 11 is 0. The SMILES string of the molecule is C#CC1(O)CC[C@H]2[C@@H]3CCC4=CC(=O)CC[C@@H]4[C@H]3CC[C@@]21CC.C#C[C@]1(O)CC[C@H]2[C@@H]3CCc4cc(O)ccc4[C@H]3CC[C@@]21C. The van der Waals surface area contributed by atoms with E-state index in [-0.39, 0.29) is 10.8 Å². The molecule has 1 aromatic carbocycles. The number of fused-ring (bicyclic) bond motifs is 10. The highest BCUT2D eigenvalue weighted by molar-refractivity contribution is 5.91. The van der Waals surface area contributed by atoms with Gasteiger partial charge in [-0.15, -0.1) is 12.8 Å². The van der Waals surface area contributed by atoms with Crippen LogP contribution >= 0.6 is 0 Å². The summed E-state index contributed by atoms with van der Waals surface area (Å²) in [6.07, 6.45) is 28.7. The number of ketones is 1. The van der Waals surface area contributed by atoms with Crippen LogP contribution in [0.1, 0.15) is 121 Å². The van der Waals surface area contributed by atoms with Gasteiger partial charge < -0.3 is 15.3 Å². The van der Waals surface area contributed by atoms with Crippen molar-refractivity contribution in [3.05, 3.63) is 41.0 Å². The quantitative estimate of drug-likeness (QED) is 0.289. The Labute approximate surface area is 270 Å². The van der Waals surface area contributed by atoms with E-state index in [9.17, 15) is 20.1 Å². The Bertz CT molecular complexity index is 1480. The van der Waals surface area contributed by atoms with Crippen molar-refractivity contribution in [1.29, 1.82) is 0 Å². The van der Waals surface area contributed by atoms with Crippen LogP contribution in [0.3, 0.4) is 0 Å². The largest absolute Gasteiger partial charge is 0.508 e. The molecule has 0 aromatic heterocycles. The minimum atomic E-state index is -0.919. The van der Waals surface area contributed by atoms with Gasteiger partial charge >= 0.3 is 0 Å². The average Bonchev–Trinajstić information content (AvgIpc) is 3.51. The fourth-order valence-electron chi connectivity index (χ4n) is 12.8. The number of hydrogen-bond acceptors (Lipinski definition) is 4. The highest BCUT2D eigenvalue weighted by Gasteiger charge is 2.64. The van der Waals surface area contributed by atoms with E-state index < -0.39 is 11.2 Å². The monoisotopic (exact) mass is 608 g/mol. The summed E-state index contributed by atoms with van der Waals surface area (Å²) < 4.78 is 0. The van der Waals surface area contributed by atoms with E-state index in [0.717, 1.165) is 83.5 Å². The number of rotatable bonds is 1. The molecule has 5 fully saturated rings. The fourth-order valence-corrected chi connectivity index (χ4v) is 12.8. The van der Waals surface area contributed by atoms with Crippen molar-refractivity contribution in [2.24, 2.45) is 46.3 Å². The zero-order valence-electron chi connectivity index (χ0n) is 27.4. The first kappa shape index (κ1) is 31.1. The molecule has 0 amide bonds. The third-order valence-electron chi connectivity index (χ3n) is 15.1. The maximum atomic E-state index is 11.8. The van der Waals surface area contributed by atoms with Crippen LogP contribution in [-0.4, -0.2) is 32.3 Å². The summed E-state index contributed by atoms with van der Waals surface area (Å²) in [4.78, 5) is 11.8. The maximum absolute atomic E-state index is 11.8. The Balaban J connectivity index is 0.000000145. The van der Waals surface area contributed by atoms with Crippen LogP contribution in [0.5, 0.6) is 5.75 Å². The lowest BCUT2D eigenvalue weighted by atomic mass is 9.49. The third kappa shape index (κ3) is 4.45. The third-order valence-corrected chi connectivity index (χ3v) is 15.1. The molecule has 1 unspecified atom stereocenters. The first-order chi connectivity index (χ1) is 21.5. The second-order valence-electron chi connectivity index (χ2n) is 16.2. The fraction of sp³-hybridized carbons (Fsp3) is 0.683. The number of aliphatic hydroxyl groups is 2. The summed E-state index contributed by atoms with van der Waals surface area (Å²) in [7, 11) is 0. The molecular formula is C41H52O4. The van der Waals surface area contributed by atoms with E-state index in [1.807, 2.05) is 18.2 Å². The molecule has 0 heterocycles. The summed E-state index contributed by atoms with van der Waals surface area (Å²) in [5, 5.41) is 31.7. The zero-order chi connectivity index (χ0) is 31.8. The molecule has 0 aliphatic heterocycles. The smallest absolute Gasteiger partial charge is 0.155 e. The number of allylic oxidation sites excluding steroid dienone is 1. The maximum Gasteiger partial charge on any atom is 0.155 e. The Morgan fingerprint density at radius 1 is 0.800 bits per heavy atom. The van der Waals surface area contributed by atoms with E-state index in [1.165, 1.54) is 29.5 Å². The molecule has 7 aliphatic carbocycles. The Morgan fingerprint density at radius 3 is 2.29 bits per heavy atom. The number of phenols is 1. The summed E-state index contributed by atoms with van der Waals surface area (Å²) in [6, 6.07) is 5.87. The number of terminal acetylenes is 2. The van der Waals surface area contributed by atoms with Crippen LogP contribution in [0, 0.1) is 71.0 Å². The molecule has 45 heavy (non-hydrogen) atoms. The van der Waals surface area contributed by atoms with E-state index >= 15 is 0 Å². The van der Waals surface area contributed by atoms with Gasteiger partial charge in [0.2, 0.25) is 0 Å². The Hall–Kier alpha value is -2.53. The van der Waals surface area contributed by atoms with E-state index in [2.05, 4.69) is 31.8 Å². The molecular weight excluding hydrogens is 556 g/mol. The molecule has 0 radical (unpaired) electrons. The number of carbonyl (C=O) groups is 1. The van der Waals surface area contributed by atoms with Gasteiger partial charge in [-0.3, -0.25) is 4.79 Å². The van der Waals surface area contributed by atoms with Gasteiger partial charge in [0.05, 0.1) is 0 Å². The van der Waals surface area contributed by atoms with Gasteiger partial charge in [-0.1, -0.05) is 37.3 Å². The predicted molar refractivity (Wildman–Crippen MR) is 177 cm³/mol. The van der Waals surface area contributed by atoms with E-state index in [4.69, 9.17) is 12.8 Å². The lowest BCUT2D eigenvalue weighted by Crippen LogP contribution is -2.53. The van der Waals surface area contributed by atoms with Gasteiger partial charge in [-0.25, -0.2) is 0 Å². The molecule has 5 saturated carbocycles. The molecule has 0 bridgehead atoms. The molecule has 0 saturated heterocycles. The van der Waals surface area contributed by atoms with Crippen LogP contribution in [0.25, 0.3) is 0 Å². The molecule has 4 heteroatoms. The lowest BCUT2D eigenvalue weighted by Gasteiger charge is -2.55. The zero-order valence-corrected chi connectivity index (χ0v) is 27.4. The van der Waals surface area contributed by atoms with Gasteiger partial charge in [0.15, 0.2) is 5.78 Å². The normalized spacial score (nSPS) is 45.9. The number of benzene rings is 1. The molecule has 4 nitrogen and oxygen atoms in total. The minimum Gasteiger partial charge on any atom is -0.508 e. The minimum absolute atomic E-state index is 0.0609. The van der Waals surface area contributed by atoms with Crippen molar-refractivity contribution in [3.8, 4) is 30.4 Å². The van der Waals surface area contributed by atoms with Gasteiger partial charge in [0.25, 0.3) is 0 Å². The Morgan fingerprint density at radius 2 is 1.53 bits per heavy atom. The molecule has 7 aliphatic rings. The van der Waals surface area contributed by atoms with Gasteiger partial charge in [-0.05, 0) is 161 Å². The lowest BCUT2D eigenvalue weighted by molar-refractivity contribution is -0.117. The summed E-state index contributed by atoms with van der Waals surface area (Å²) in [6.45, 7) is 4.43. The molecule has 8 rings (SSSR count). The average molecular weight is 609 g/mol. The highest BCUT2D eigenvalue weighted by Crippen LogP contribution is 2.66. The second-order valence-corrected chi connectivity index (χ2v) is 16.2. The van der Waals surface area contributed by atoms with E-state index in [1.54, 1.807) is 0 Å². The van der Waals surface area contributed by atoms with Crippen LogP contribution < -0.4 is 0 Å². The standard InChI is InChI=1S/C21H28O2.C20H24O2/c1-3-20-11-9-17-16-8-6-15(22)13-14(16)5-7-18(17)19(20)10-12-21(20,23)4-2;1-3-20(22)11-9-18-17-6-4-13-12-14(21)5-7-15(13)16(17)8-10-19(18,20)2/h2,13,16-19,23H,3,5-12H2,1H3;1,5,7,12,16-18,21-22H,4,6,8-11H2,2H3/t16-,17+,18+,19-,20-,21?;16-,17-,18+,19+,20+/m01/s1. The number of carbonyl (C=O) groups excluding carboxylic acids is 1. The number of aryl methyl sites for hydroxylation is 1. The summed E-state index contributed by atoms with van der Waals surface area (Å²) in [5.41, 5.74) is 2.17. The molecule has 0 spiro atoms. The van der Waals surface area contributed by atoms with E-state index in [0.29, 0.717) is 53.0 Å². The van der Waals surface area contributed by atoms with Crippen molar-refractivity contribution >= 4 is 5.78 Å². The second kappa shape index (κ2) is 11.0. The summed E-state index contributed by atoms with van der Waals surface area (Å²) in [5.74, 6) is 10.5. The van der Waals surface area contributed by atoms with Crippen molar-refractivity contribution in [1.82, 2.24) is 0 Å². The molecule has 11 atom stereocenters. The first-order valence-corrected chi connectivity index (χ1v) is 18.0. The van der Waals surface area contributed by atoms with Crippen LogP contribution in [-0.2, 0) is 11.2 Å². The topological polar surface area (TPSA) is 77.8 Å². The molecule has 3 N–H and O–H groups in total.